The van der Waals surface area contributed by atoms with Crippen LogP contribution in [-0.2, 0) is 6.54 Å². The molecule has 0 unspecified atom stereocenters. The first-order chi connectivity index (χ1) is 14.8. The highest BCUT2D eigenvalue weighted by atomic mass is 35.5. The first-order valence-corrected chi connectivity index (χ1v) is 10.3. The molecule has 0 saturated heterocycles. The predicted molar refractivity (Wildman–Crippen MR) is 126 cm³/mol. The van der Waals surface area contributed by atoms with Crippen molar-refractivity contribution in [3.63, 3.8) is 0 Å². The molecular weight excluding hydrogens is 456 g/mol. The van der Waals surface area contributed by atoms with Crippen LogP contribution in [0.2, 0.25) is 0 Å². The molecule has 5 nitrogen and oxygen atoms in total. The second kappa shape index (κ2) is 9.58. The Labute approximate surface area is 194 Å². The van der Waals surface area contributed by atoms with E-state index in [9.17, 15) is 18.9 Å². The Kier molecular flexibility index (Phi) is 7.06. The van der Waals surface area contributed by atoms with Crippen LogP contribution in [0.3, 0.4) is 0 Å². The van der Waals surface area contributed by atoms with Crippen molar-refractivity contribution in [2.45, 2.75) is 16.3 Å². The van der Waals surface area contributed by atoms with Gasteiger partial charge in [-0.2, -0.15) is 0 Å². The molecule has 0 saturated carbocycles. The highest BCUT2D eigenvalue weighted by Crippen LogP contribution is 2.40. The van der Waals surface area contributed by atoms with Gasteiger partial charge < -0.3 is 9.47 Å². The summed E-state index contributed by atoms with van der Waals surface area (Å²) in [6.45, 7) is 0.263. The van der Waals surface area contributed by atoms with E-state index in [-0.39, 0.29) is 24.6 Å². The average Bonchev–Trinajstić information content (AvgIpc) is 3.04. The third kappa shape index (κ3) is 4.87. The van der Waals surface area contributed by atoms with Gasteiger partial charge in [-0.1, -0.05) is 23.9 Å². The summed E-state index contributed by atoms with van der Waals surface area (Å²) in [5.41, 5.74) is 2.37. The zero-order valence-electron chi connectivity index (χ0n) is 17.3. The number of benzene rings is 3. The van der Waals surface area contributed by atoms with Crippen LogP contribution < -0.4 is 4.90 Å². The van der Waals surface area contributed by atoms with E-state index in [4.69, 9.17) is 0 Å². The maximum atomic E-state index is 13.7. The second-order valence-electron chi connectivity index (χ2n) is 7.32. The van der Waals surface area contributed by atoms with Crippen molar-refractivity contribution in [3.8, 4) is 0 Å². The topological polar surface area (TPSA) is 51.3 Å². The van der Waals surface area contributed by atoms with Crippen LogP contribution in [0.15, 0.2) is 76.7 Å². The molecule has 0 N–H and O–H groups in total. The summed E-state index contributed by atoms with van der Waals surface area (Å²) < 4.78 is 29.3. The van der Waals surface area contributed by atoms with Crippen molar-refractivity contribution >= 4 is 46.4 Å². The third-order valence-corrected chi connectivity index (χ3v) is 6.01. The van der Waals surface area contributed by atoms with Gasteiger partial charge >= 0.3 is 0 Å². The van der Waals surface area contributed by atoms with Gasteiger partial charge in [-0.3, -0.25) is 10.1 Å². The molecule has 0 bridgehead atoms. The molecule has 0 amide bonds. The Morgan fingerprint density at radius 3 is 2.34 bits per heavy atom. The van der Waals surface area contributed by atoms with E-state index in [1.54, 1.807) is 18.2 Å². The lowest BCUT2D eigenvalue weighted by atomic mass is 10.2. The number of nitro groups is 1. The number of anilines is 1. The average molecular weight is 476 g/mol. The van der Waals surface area contributed by atoms with Gasteiger partial charge in [0.1, 0.15) is 11.6 Å². The van der Waals surface area contributed by atoms with E-state index in [0.717, 1.165) is 27.6 Å². The highest BCUT2D eigenvalue weighted by molar-refractivity contribution is 7.99. The Morgan fingerprint density at radius 2 is 1.69 bits per heavy atom. The fourth-order valence-electron chi connectivity index (χ4n) is 3.45. The minimum absolute atomic E-state index is 0. The molecule has 0 spiro atoms. The zero-order chi connectivity index (χ0) is 22.1. The standard InChI is InChI=1S/C23H19F2N3O2S.ClH/c1-26(2)18-7-8-19-21(12-18)27(13-15-9-16(24)11-17(25)10-15)14-23(19)31-22-6-4-3-5-20(22)28(29)30;/h3-12,14H,13H2,1-2H3;1H. The van der Waals surface area contributed by atoms with Crippen LogP contribution in [0.5, 0.6) is 0 Å². The summed E-state index contributed by atoms with van der Waals surface area (Å²) in [6.07, 6.45) is 1.87. The normalized spacial score (nSPS) is 10.8. The zero-order valence-corrected chi connectivity index (χ0v) is 18.9. The number of hydrogen-bond donors (Lipinski definition) is 0. The number of fused-ring (bicyclic) bond motifs is 1. The van der Waals surface area contributed by atoms with Gasteiger partial charge in [-0.15, -0.1) is 12.4 Å². The second-order valence-corrected chi connectivity index (χ2v) is 8.41. The molecule has 4 rings (SSSR count). The van der Waals surface area contributed by atoms with E-state index < -0.39 is 16.6 Å². The van der Waals surface area contributed by atoms with Crippen LogP contribution in [-0.4, -0.2) is 23.6 Å². The fraction of sp³-hybridized carbons (Fsp3) is 0.130. The minimum atomic E-state index is -0.630. The van der Waals surface area contributed by atoms with Gasteiger partial charge in [0, 0.05) is 54.9 Å². The van der Waals surface area contributed by atoms with Crippen LogP contribution in [0.4, 0.5) is 20.2 Å². The van der Waals surface area contributed by atoms with Crippen molar-refractivity contribution < 1.29 is 13.7 Å². The van der Waals surface area contributed by atoms with Crippen LogP contribution in [0, 0.1) is 21.7 Å². The van der Waals surface area contributed by atoms with Crippen LogP contribution in [0.25, 0.3) is 10.9 Å². The van der Waals surface area contributed by atoms with Crippen molar-refractivity contribution in [1.82, 2.24) is 4.57 Å². The van der Waals surface area contributed by atoms with Gasteiger partial charge in [-0.25, -0.2) is 8.78 Å². The predicted octanol–water partition coefficient (Wildman–Crippen LogP) is 6.52. The maximum Gasteiger partial charge on any atom is 0.283 e. The molecular formula is C23H20ClF2N3O2S. The highest BCUT2D eigenvalue weighted by Gasteiger charge is 2.18. The summed E-state index contributed by atoms with van der Waals surface area (Å²) in [5, 5.41) is 12.3. The molecule has 0 radical (unpaired) electrons. The van der Waals surface area contributed by atoms with Gasteiger partial charge in [0.25, 0.3) is 5.69 Å². The number of aromatic nitrogens is 1. The molecule has 1 aromatic heterocycles. The Morgan fingerprint density at radius 1 is 1.00 bits per heavy atom. The van der Waals surface area contributed by atoms with E-state index in [1.165, 1.54) is 30.0 Å². The van der Waals surface area contributed by atoms with Crippen LogP contribution in [0.1, 0.15) is 5.56 Å². The number of rotatable bonds is 6. The summed E-state index contributed by atoms with van der Waals surface area (Å²) in [5.74, 6) is -1.26. The number of nitrogens with zero attached hydrogens (tertiary/aromatic N) is 3. The largest absolute Gasteiger partial charge is 0.378 e. The Hall–Kier alpha value is -3.10. The summed E-state index contributed by atoms with van der Waals surface area (Å²) in [7, 11) is 3.86. The van der Waals surface area contributed by atoms with E-state index in [1.807, 2.05) is 48.0 Å². The summed E-state index contributed by atoms with van der Waals surface area (Å²) in [6, 6.07) is 16.0. The number of para-hydroxylation sites is 1. The van der Waals surface area contributed by atoms with Crippen molar-refractivity contribution in [2.24, 2.45) is 0 Å². The minimum Gasteiger partial charge on any atom is -0.378 e. The Bertz CT molecular complexity index is 1270. The van der Waals surface area contributed by atoms with Crippen molar-refractivity contribution in [2.75, 3.05) is 19.0 Å². The molecule has 3 aromatic carbocycles. The molecule has 4 aromatic rings. The molecule has 0 aliphatic rings. The monoisotopic (exact) mass is 475 g/mol. The molecule has 166 valence electrons. The lowest BCUT2D eigenvalue weighted by Crippen LogP contribution is -2.08. The lowest BCUT2D eigenvalue weighted by Gasteiger charge is -2.13. The molecule has 0 fully saturated rings. The molecule has 9 heteroatoms. The van der Waals surface area contributed by atoms with E-state index >= 15 is 0 Å². The Balaban J connectivity index is 0.00000289. The smallest absolute Gasteiger partial charge is 0.283 e. The fourth-order valence-corrected chi connectivity index (χ4v) is 4.54. The maximum absolute atomic E-state index is 13.7. The third-order valence-electron chi connectivity index (χ3n) is 4.90. The number of halogens is 3. The van der Waals surface area contributed by atoms with Crippen LogP contribution >= 0.6 is 24.2 Å². The lowest BCUT2D eigenvalue weighted by molar-refractivity contribution is -0.387. The van der Waals surface area contributed by atoms with E-state index in [0.29, 0.717) is 10.5 Å². The first-order valence-electron chi connectivity index (χ1n) is 9.48. The molecule has 32 heavy (non-hydrogen) atoms. The number of hydrogen-bond acceptors (Lipinski definition) is 4. The molecule has 0 atom stereocenters. The molecule has 0 aliphatic heterocycles. The summed E-state index contributed by atoms with van der Waals surface area (Å²) in [4.78, 5) is 14.3. The number of nitro benzene ring substituents is 1. The van der Waals surface area contributed by atoms with Crippen molar-refractivity contribution in [1.29, 1.82) is 0 Å². The van der Waals surface area contributed by atoms with Gasteiger partial charge in [0.05, 0.1) is 15.3 Å². The SMILES string of the molecule is CN(C)c1ccc2c(Sc3ccccc3[N+](=O)[O-])cn(Cc3cc(F)cc(F)c3)c2c1.Cl. The first kappa shape index (κ1) is 23.6. The molecule has 0 aliphatic carbocycles. The summed E-state index contributed by atoms with van der Waals surface area (Å²) >= 11 is 1.30. The van der Waals surface area contributed by atoms with Crippen molar-refractivity contribution in [3.05, 3.63) is 94.2 Å². The van der Waals surface area contributed by atoms with Gasteiger partial charge in [-0.05, 0) is 42.0 Å². The quantitative estimate of drug-likeness (QED) is 0.235. The van der Waals surface area contributed by atoms with E-state index in [2.05, 4.69) is 0 Å². The molecule has 1 heterocycles. The van der Waals surface area contributed by atoms with Gasteiger partial charge in [0.15, 0.2) is 0 Å². The van der Waals surface area contributed by atoms with Gasteiger partial charge in [0.2, 0.25) is 0 Å².